The SMILES string of the molecule is CN(C(=O)CN1CCC(N2CCCC2)C1)C1CCCc2ccccc21. The molecule has 2 fully saturated rings. The zero-order valence-electron chi connectivity index (χ0n) is 15.5. The molecule has 25 heavy (non-hydrogen) atoms. The van der Waals surface area contributed by atoms with Gasteiger partial charge in [-0.25, -0.2) is 0 Å². The van der Waals surface area contributed by atoms with Crippen molar-refractivity contribution in [2.45, 2.75) is 50.6 Å². The van der Waals surface area contributed by atoms with Crippen molar-refractivity contribution < 1.29 is 4.79 Å². The number of fused-ring (bicyclic) bond motifs is 1. The predicted molar refractivity (Wildman–Crippen MR) is 101 cm³/mol. The standard InChI is InChI=1S/C21H31N3O/c1-22(20-10-6-8-17-7-2-3-9-19(17)20)21(25)16-23-14-11-18(15-23)24-12-4-5-13-24/h2-3,7,9,18,20H,4-6,8,10-16H2,1H3. The Morgan fingerprint density at radius 2 is 1.92 bits per heavy atom. The van der Waals surface area contributed by atoms with Crippen molar-refractivity contribution in [3.63, 3.8) is 0 Å². The molecule has 0 radical (unpaired) electrons. The van der Waals surface area contributed by atoms with Crippen molar-refractivity contribution in [2.75, 3.05) is 39.8 Å². The van der Waals surface area contributed by atoms with Crippen LogP contribution in [0.1, 0.15) is 49.3 Å². The molecule has 4 nitrogen and oxygen atoms in total. The van der Waals surface area contributed by atoms with Crippen LogP contribution in [-0.2, 0) is 11.2 Å². The van der Waals surface area contributed by atoms with E-state index in [2.05, 4.69) is 34.1 Å². The summed E-state index contributed by atoms with van der Waals surface area (Å²) < 4.78 is 0. The zero-order chi connectivity index (χ0) is 17.2. The minimum atomic E-state index is 0.259. The molecule has 3 aliphatic rings. The first-order valence-corrected chi connectivity index (χ1v) is 10.0. The van der Waals surface area contributed by atoms with Crippen LogP contribution >= 0.6 is 0 Å². The van der Waals surface area contributed by atoms with E-state index in [1.807, 2.05) is 11.9 Å². The lowest BCUT2D eigenvalue weighted by molar-refractivity contribution is -0.133. The third-order valence-electron chi connectivity index (χ3n) is 6.46. The highest BCUT2D eigenvalue weighted by Crippen LogP contribution is 2.33. The molecule has 2 aliphatic heterocycles. The minimum absolute atomic E-state index is 0.259. The van der Waals surface area contributed by atoms with E-state index < -0.39 is 0 Å². The number of rotatable bonds is 4. The molecule has 4 rings (SSSR count). The van der Waals surface area contributed by atoms with Gasteiger partial charge in [-0.05, 0) is 62.7 Å². The average molecular weight is 341 g/mol. The third kappa shape index (κ3) is 3.61. The summed E-state index contributed by atoms with van der Waals surface area (Å²) in [6.07, 6.45) is 7.34. The van der Waals surface area contributed by atoms with Gasteiger partial charge in [0.2, 0.25) is 5.91 Å². The largest absolute Gasteiger partial charge is 0.338 e. The summed E-state index contributed by atoms with van der Waals surface area (Å²) in [5.41, 5.74) is 2.79. The Bertz CT molecular complexity index is 611. The van der Waals surface area contributed by atoms with Crippen molar-refractivity contribution in [3.05, 3.63) is 35.4 Å². The summed E-state index contributed by atoms with van der Waals surface area (Å²) in [5, 5.41) is 0. The normalized spacial score (nSPS) is 27.4. The van der Waals surface area contributed by atoms with Gasteiger partial charge in [0.25, 0.3) is 0 Å². The van der Waals surface area contributed by atoms with Crippen LogP contribution in [0, 0.1) is 0 Å². The first kappa shape index (κ1) is 17.0. The van der Waals surface area contributed by atoms with Gasteiger partial charge in [0.1, 0.15) is 0 Å². The number of likely N-dealkylation sites (N-methyl/N-ethyl adjacent to an activating group) is 1. The number of carbonyl (C=O) groups excluding carboxylic acids is 1. The number of benzene rings is 1. The van der Waals surface area contributed by atoms with Gasteiger partial charge in [-0.3, -0.25) is 14.6 Å². The molecular formula is C21H31N3O. The molecule has 4 heteroatoms. The number of hydrogen-bond acceptors (Lipinski definition) is 3. The molecule has 1 amide bonds. The second kappa shape index (κ2) is 7.46. The maximum Gasteiger partial charge on any atom is 0.237 e. The molecule has 0 bridgehead atoms. The number of aryl methyl sites for hydroxylation is 1. The summed E-state index contributed by atoms with van der Waals surface area (Å²) in [6.45, 7) is 5.23. The molecule has 0 N–H and O–H groups in total. The molecule has 136 valence electrons. The van der Waals surface area contributed by atoms with Gasteiger partial charge in [0, 0.05) is 26.2 Å². The van der Waals surface area contributed by atoms with Gasteiger partial charge in [0.15, 0.2) is 0 Å². The van der Waals surface area contributed by atoms with Crippen molar-refractivity contribution in [1.82, 2.24) is 14.7 Å². The quantitative estimate of drug-likeness (QED) is 0.842. The van der Waals surface area contributed by atoms with E-state index >= 15 is 0 Å². The fourth-order valence-corrected chi connectivity index (χ4v) is 4.97. The average Bonchev–Trinajstić information content (AvgIpc) is 3.32. The van der Waals surface area contributed by atoms with Crippen LogP contribution in [0.2, 0.25) is 0 Å². The van der Waals surface area contributed by atoms with Crippen LogP contribution in [0.4, 0.5) is 0 Å². The Kier molecular flexibility index (Phi) is 5.09. The fraction of sp³-hybridized carbons (Fsp3) is 0.667. The monoisotopic (exact) mass is 341 g/mol. The molecule has 1 aliphatic carbocycles. The van der Waals surface area contributed by atoms with Crippen LogP contribution in [-0.4, -0.2) is 66.4 Å². The highest BCUT2D eigenvalue weighted by molar-refractivity contribution is 5.78. The highest BCUT2D eigenvalue weighted by atomic mass is 16.2. The van der Waals surface area contributed by atoms with Gasteiger partial charge >= 0.3 is 0 Å². The van der Waals surface area contributed by atoms with Gasteiger partial charge in [0.05, 0.1) is 12.6 Å². The number of hydrogen-bond donors (Lipinski definition) is 0. The van der Waals surface area contributed by atoms with Crippen LogP contribution in [0.3, 0.4) is 0 Å². The smallest absolute Gasteiger partial charge is 0.237 e. The Labute approximate surface area is 151 Å². The second-order valence-corrected chi connectivity index (χ2v) is 8.03. The number of likely N-dealkylation sites (tertiary alicyclic amines) is 2. The van der Waals surface area contributed by atoms with E-state index in [9.17, 15) is 4.79 Å². The predicted octanol–water partition coefficient (Wildman–Crippen LogP) is 2.69. The molecule has 2 heterocycles. The van der Waals surface area contributed by atoms with Gasteiger partial charge in [-0.2, -0.15) is 0 Å². The molecule has 2 saturated heterocycles. The molecule has 0 spiro atoms. The number of carbonyl (C=O) groups is 1. The van der Waals surface area contributed by atoms with E-state index in [-0.39, 0.29) is 11.9 Å². The van der Waals surface area contributed by atoms with E-state index in [0.29, 0.717) is 12.6 Å². The van der Waals surface area contributed by atoms with Crippen LogP contribution in [0.5, 0.6) is 0 Å². The van der Waals surface area contributed by atoms with Crippen molar-refractivity contribution in [2.24, 2.45) is 0 Å². The topological polar surface area (TPSA) is 26.8 Å². The lowest BCUT2D eigenvalue weighted by Crippen LogP contribution is -2.41. The van der Waals surface area contributed by atoms with Crippen molar-refractivity contribution >= 4 is 5.91 Å². The fourth-order valence-electron chi connectivity index (χ4n) is 4.97. The van der Waals surface area contributed by atoms with Gasteiger partial charge < -0.3 is 4.90 Å². The zero-order valence-corrected chi connectivity index (χ0v) is 15.5. The lowest BCUT2D eigenvalue weighted by Gasteiger charge is -2.34. The molecule has 1 aromatic rings. The summed E-state index contributed by atoms with van der Waals surface area (Å²) in [7, 11) is 2.00. The lowest BCUT2D eigenvalue weighted by atomic mass is 9.87. The molecule has 1 aromatic carbocycles. The van der Waals surface area contributed by atoms with Crippen LogP contribution < -0.4 is 0 Å². The summed E-state index contributed by atoms with van der Waals surface area (Å²) in [6, 6.07) is 9.59. The van der Waals surface area contributed by atoms with Gasteiger partial charge in [-0.15, -0.1) is 0 Å². The van der Waals surface area contributed by atoms with E-state index in [4.69, 9.17) is 0 Å². The van der Waals surface area contributed by atoms with E-state index in [1.165, 1.54) is 49.9 Å². The van der Waals surface area contributed by atoms with E-state index in [0.717, 1.165) is 25.9 Å². The summed E-state index contributed by atoms with van der Waals surface area (Å²) in [4.78, 5) is 19.9. The van der Waals surface area contributed by atoms with Crippen LogP contribution in [0.25, 0.3) is 0 Å². The van der Waals surface area contributed by atoms with Crippen molar-refractivity contribution in [3.8, 4) is 0 Å². The Balaban J connectivity index is 1.35. The van der Waals surface area contributed by atoms with Gasteiger partial charge in [-0.1, -0.05) is 24.3 Å². The number of nitrogens with zero attached hydrogens (tertiary/aromatic N) is 3. The summed E-state index contributed by atoms with van der Waals surface area (Å²) in [5.74, 6) is 0.281. The van der Waals surface area contributed by atoms with E-state index in [1.54, 1.807) is 0 Å². The maximum absolute atomic E-state index is 12.9. The first-order chi connectivity index (χ1) is 12.2. The Morgan fingerprint density at radius 1 is 1.12 bits per heavy atom. The highest BCUT2D eigenvalue weighted by Gasteiger charge is 2.32. The molecule has 0 aromatic heterocycles. The Morgan fingerprint density at radius 3 is 2.76 bits per heavy atom. The molecule has 2 unspecified atom stereocenters. The van der Waals surface area contributed by atoms with Crippen molar-refractivity contribution in [1.29, 1.82) is 0 Å². The third-order valence-corrected chi connectivity index (χ3v) is 6.46. The summed E-state index contributed by atoms with van der Waals surface area (Å²) >= 11 is 0. The molecular weight excluding hydrogens is 310 g/mol. The Hall–Kier alpha value is -1.39. The minimum Gasteiger partial charge on any atom is -0.338 e. The molecule has 2 atom stereocenters. The maximum atomic E-state index is 12.9. The first-order valence-electron chi connectivity index (χ1n) is 10.0. The molecule has 0 saturated carbocycles. The number of amides is 1. The second-order valence-electron chi connectivity index (χ2n) is 8.03. The van der Waals surface area contributed by atoms with Crippen LogP contribution in [0.15, 0.2) is 24.3 Å².